The van der Waals surface area contributed by atoms with Crippen LogP contribution < -0.4 is 10.5 Å². The smallest absolute Gasteiger partial charge is 0.357 e. The van der Waals surface area contributed by atoms with Gasteiger partial charge in [0.15, 0.2) is 5.69 Å². The summed E-state index contributed by atoms with van der Waals surface area (Å²) in [6.45, 7) is 2.09. The second-order valence-corrected chi connectivity index (χ2v) is 4.93. The highest BCUT2D eigenvalue weighted by Crippen LogP contribution is 2.24. The van der Waals surface area contributed by atoms with Crippen molar-refractivity contribution in [3.8, 4) is 5.75 Å². The molecule has 2 rings (SSSR count). The largest absolute Gasteiger partial charge is 0.497 e. The highest BCUT2D eigenvalue weighted by Gasteiger charge is 2.17. The number of nitrogens with zero attached hydrogens (tertiary/aromatic N) is 1. The molecule has 1 aromatic heterocycles. The Morgan fingerprint density at radius 3 is 2.70 bits per heavy atom. The minimum Gasteiger partial charge on any atom is -0.497 e. The second-order valence-electron chi connectivity index (χ2n) is 4.04. The molecule has 6 heteroatoms. The van der Waals surface area contributed by atoms with Gasteiger partial charge in [-0.3, -0.25) is 0 Å². The Hall–Kier alpha value is -1.92. The van der Waals surface area contributed by atoms with Gasteiger partial charge in [0.1, 0.15) is 10.8 Å². The maximum Gasteiger partial charge on any atom is 0.357 e. The summed E-state index contributed by atoms with van der Waals surface area (Å²) in [7, 11) is 1.61. The van der Waals surface area contributed by atoms with E-state index in [0.717, 1.165) is 11.3 Å². The molecule has 1 aromatic carbocycles. The number of hydrogen-bond acceptors (Lipinski definition) is 6. The molecule has 0 saturated carbocycles. The lowest BCUT2D eigenvalue weighted by Gasteiger charge is -2.09. The quantitative estimate of drug-likeness (QED) is 0.856. The summed E-state index contributed by atoms with van der Waals surface area (Å²) >= 11 is 1.35. The number of methoxy groups -OCH3 is 1. The molecule has 0 aliphatic heterocycles. The van der Waals surface area contributed by atoms with E-state index >= 15 is 0 Å². The van der Waals surface area contributed by atoms with Crippen molar-refractivity contribution in [3.63, 3.8) is 0 Å². The molecule has 1 unspecified atom stereocenters. The van der Waals surface area contributed by atoms with Crippen LogP contribution in [0.1, 0.15) is 34.0 Å². The molecule has 0 bridgehead atoms. The molecule has 0 spiro atoms. The molecule has 20 heavy (non-hydrogen) atoms. The highest BCUT2D eigenvalue weighted by atomic mass is 32.1. The van der Waals surface area contributed by atoms with Gasteiger partial charge in [-0.25, -0.2) is 9.78 Å². The number of aromatic nitrogens is 1. The van der Waals surface area contributed by atoms with Gasteiger partial charge in [-0.2, -0.15) is 0 Å². The number of esters is 1. The number of nitrogens with two attached hydrogens (primary N) is 1. The van der Waals surface area contributed by atoms with E-state index in [0.29, 0.717) is 17.3 Å². The summed E-state index contributed by atoms with van der Waals surface area (Å²) in [6.07, 6.45) is 0. The molecular weight excluding hydrogens is 276 g/mol. The minimum atomic E-state index is -0.420. The van der Waals surface area contributed by atoms with Crippen LogP contribution >= 0.6 is 11.3 Å². The zero-order valence-electron chi connectivity index (χ0n) is 11.3. The average molecular weight is 292 g/mol. The number of thiazole rings is 1. The summed E-state index contributed by atoms with van der Waals surface area (Å²) in [4.78, 5) is 15.8. The normalized spacial score (nSPS) is 11.9. The zero-order chi connectivity index (χ0) is 14.5. The fourth-order valence-electron chi connectivity index (χ4n) is 1.68. The van der Waals surface area contributed by atoms with E-state index in [2.05, 4.69) is 4.98 Å². The Morgan fingerprint density at radius 2 is 2.10 bits per heavy atom. The van der Waals surface area contributed by atoms with Gasteiger partial charge in [-0.15, -0.1) is 11.3 Å². The molecule has 2 N–H and O–H groups in total. The number of ether oxygens (including phenoxy) is 2. The molecule has 0 fully saturated rings. The molecule has 0 aliphatic carbocycles. The van der Waals surface area contributed by atoms with Gasteiger partial charge in [-0.1, -0.05) is 12.1 Å². The van der Waals surface area contributed by atoms with E-state index in [1.165, 1.54) is 11.3 Å². The maximum absolute atomic E-state index is 11.6. The van der Waals surface area contributed by atoms with Crippen LogP contribution in [-0.2, 0) is 4.74 Å². The van der Waals surface area contributed by atoms with Gasteiger partial charge in [0.25, 0.3) is 0 Å². The first-order valence-electron chi connectivity index (χ1n) is 6.17. The first-order valence-corrected chi connectivity index (χ1v) is 7.05. The van der Waals surface area contributed by atoms with Crippen molar-refractivity contribution in [1.82, 2.24) is 4.98 Å². The van der Waals surface area contributed by atoms with Crippen LogP contribution in [0.2, 0.25) is 0 Å². The molecule has 106 valence electrons. The lowest BCUT2D eigenvalue weighted by Crippen LogP contribution is -2.12. The summed E-state index contributed by atoms with van der Waals surface area (Å²) in [6, 6.07) is 7.09. The summed E-state index contributed by atoms with van der Waals surface area (Å²) in [5, 5.41) is 2.34. The first kappa shape index (κ1) is 14.5. The Bertz CT molecular complexity index is 580. The Morgan fingerprint density at radius 1 is 1.40 bits per heavy atom. The molecular formula is C14H16N2O3S. The van der Waals surface area contributed by atoms with Crippen molar-refractivity contribution in [2.24, 2.45) is 5.73 Å². The predicted molar refractivity (Wildman–Crippen MR) is 77.1 cm³/mol. The topological polar surface area (TPSA) is 74.4 Å². The number of carbonyl (C=O) groups excluding carboxylic acids is 1. The monoisotopic (exact) mass is 292 g/mol. The van der Waals surface area contributed by atoms with E-state index in [4.69, 9.17) is 15.2 Å². The maximum atomic E-state index is 11.6. The summed E-state index contributed by atoms with van der Waals surface area (Å²) in [5.74, 6) is 0.351. The third-order valence-electron chi connectivity index (χ3n) is 2.75. The lowest BCUT2D eigenvalue weighted by molar-refractivity contribution is 0.0520. The van der Waals surface area contributed by atoms with Crippen LogP contribution in [0.3, 0.4) is 0 Å². The molecule has 5 nitrogen and oxygen atoms in total. The number of benzene rings is 1. The van der Waals surface area contributed by atoms with Gasteiger partial charge in [0, 0.05) is 5.38 Å². The van der Waals surface area contributed by atoms with E-state index in [9.17, 15) is 4.79 Å². The van der Waals surface area contributed by atoms with Crippen LogP contribution in [0.15, 0.2) is 29.6 Å². The van der Waals surface area contributed by atoms with Crippen molar-refractivity contribution >= 4 is 17.3 Å². The Balaban J connectivity index is 2.16. The molecule has 0 radical (unpaired) electrons. The first-order chi connectivity index (χ1) is 9.65. The van der Waals surface area contributed by atoms with Crippen LogP contribution in [0, 0.1) is 0 Å². The van der Waals surface area contributed by atoms with Crippen LogP contribution in [0.5, 0.6) is 5.75 Å². The van der Waals surface area contributed by atoms with Crippen molar-refractivity contribution < 1.29 is 14.3 Å². The van der Waals surface area contributed by atoms with Crippen molar-refractivity contribution in [2.75, 3.05) is 13.7 Å². The predicted octanol–water partition coefficient (Wildman–Crippen LogP) is 2.38. The van der Waals surface area contributed by atoms with E-state index in [-0.39, 0.29) is 6.04 Å². The minimum absolute atomic E-state index is 0.302. The molecule has 1 heterocycles. The summed E-state index contributed by atoms with van der Waals surface area (Å²) in [5.41, 5.74) is 7.36. The van der Waals surface area contributed by atoms with Crippen LogP contribution in [0.4, 0.5) is 0 Å². The highest BCUT2D eigenvalue weighted by molar-refractivity contribution is 7.10. The Kier molecular flexibility index (Phi) is 4.70. The summed E-state index contributed by atoms with van der Waals surface area (Å²) < 4.78 is 10.0. The van der Waals surface area contributed by atoms with Crippen LogP contribution in [0.25, 0.3) is 0 Å². The van der Waals surface area contributed by atoms with Gasteiger partial charge >= 0.3 is 5.97 Å². The van der Waals surface area contributed by atoms with Crippen molar-refractivity contribution in [2.45, 2.75) is 13.0 Å². The molecule has 1 atom stereocenters. The third-order valence-corrected chi connectivity index (χ3v) is 3.68. The molecule has 0 saturated heterocycles. The molecule has 2 aromatic rings. The van der Waals surface area contributed by atoms with Gasteiger partial charge in [-0.05, 0) is 24.6 Å². The van der Waals surface area contributed by atoms with E-state index < -0.39 is 5.97 Å². The fraction of sp³-hybridized carbons (Fsp3) is 0.286. The lowest BCUT2D eigenvalue weighted by atomic mass is 10.1. The number of rotatable bonds is 5. The molecule has 0 amide bonds. The van der Waals surface area contributed by atoms with Gasteiger partial charge in [0.2, 0.25) is 0 Å². The number of carbonyl (C=O) groups is 1. The van der Waals surface area contributed by atoms with Gasteiger partial charge in [0.05, 0.1) is 19.8 Å². The fourth-order valence-corrected chi connectivity index (χ4v) is 2.50. The van der Waals surface area contributed by atoms with Crippen molar-refractivity contribution in [3.05, 3.63) is 45.9 Å². The second kappa shape index (κ2) is 6.49. The van der Waals surface area contributed by atoms with Crippen molar-refractivity contribution in [1.29, 1.82) is 0 Å². The third kappa shape index (κ3) is 3.15. The SMILES string of the molecule is CCOC(=O)c1csc(C(N)c2ccc(OC)cc2)n1. The van der Waals surface area contributed by atoms with E-state index in [1.807, 2.05) is 24.3 Å². The average Bonchev–Trinajstić information content (AvgIpc) is 2.97. The number of hydrogen-bond donors (Lipinski definition) is 1. The molecule has 0 aliphatic rings. The Labute approximate surface area is 121 Å². The standard InChI is InChI=1S/C14H16N2O3S/c1-3-19-14(17)11-8-20-13(16-11)12(15)9-4-6-10(18-2)7-5-9/h4-8,12H,3,15H2,1-2H3. The van der Waals surface area contributed by atoms with Gasteiger partial charge < -0.3 is 15.2 Å². The van der Waals surface area contributed by atoms with Crippen LogP contribution in [-0.4, -0.2) is 24.7 Å². The van der Waals surface area contributed by atoms with E-state index in [1.54, 1.807) is 19.4 Å². The zero-order valence-corrected chi connectivity index (χ0v) is 12.1.